The highest BCUT2D eigenvalue weighted by molar-refractivity contribution is 5.52. The Bertz CT molecular complexity index is 572. The van der Waals surface area contributed by atoms with Gasteiger partial charge < -0.3 is 9.84 Å². The SMILES string of the molecule is Fc1cc(F)cc(-c2nc(C3CCCCCN3)no2)c1. The standard InChI is InChI=1S/C14H15F2N3O/c15-10-6-9(7-11(16)8-10)14-18-13(19-20-14)12-4-2-1-3-5-17-12/h6-8,12,17H,1-5H2. The lowest BCUT2D eigenvalue weighted by Crippen LogP contribution is -2.21. The van der Waals surface area contributed by atoms with Gasteiger partial charge in [-0.1, -0.05) is 18.0 Å². The number of hydrogen-bond acceptors (Lipinski definition) is 4. The van der Waals surface area contributed by atoms with Crippen LogP contribution in [0, 0.1) is 11.6 Å². The molecular formula is C14H15F2N3O. The molecule has 0 aliphatic carbocycles. The van der Waals surface area contributed by atoms with Crippen molar-refractivity contribution in [2.24, 2.45) is 0 Å². The average Bonchev–Trinajstić information content (AvgIpc) is 2.74. The van der Waals surface area contributed by atoms with Crippen LogP contribution in [-0.2, 0) is 0 Å². The predicted octanol–water partition coefficient (Wildman–Crippen LogP) is 3.22. The second-order valence-electron chi connectivity index (χ2n) is 4.97. The molecule has 1 saturated heterocycles. The molecule has 1 N–H and O–H groups in total. The molecule has 1 aliphatic rings. The van der Waals surface area contributed by atoms with Crippen LogP contribution in [0.5, 0.6) is 0 Å². The maximum absolute atomic E-state index is 13.2. The summed E-state index contributed by atoms with van der Waals surface area (Å²) >= 11 is 0. The van der Waals surface area contributed by atoms with E-state index >= 15 is 0 Å². The molecule has 0 amide bonds. The summed E-state index contributed by atoms with van der Waals surface area (Å²) in [6.07, 6.45) is 4.37. The molecule has 1 aromatic carbocycles. The molecule has 0 spiro atoms. The van der Waals surface area contributed by atoms with E-state index in [0.717, 1.165) is 31.9 Å². The van der Waals surface area contributed by atoms with Crippen LogP contribution >= 0.6 is 0 Å². The average molecular weight is 279 g/mol. The Balaban J connectivity index is 1.85. The van der Waals surface area contributed by atoms with Gasteiger partial charge in [0.2, 0.25) is 0 Å². The van der Waals surface area contributed by atoms with Crippen LogP contribution in [0.2, 0.25) is 0 Å². The van der Waals surface area contributed by atoms with E-state index in [2.05, 4.69) is 15.5 Å². The predicted molar refractivity (Wildman–Crippen MR) is 68.9 cm³/mol. The van der Waals surface area contributed by atoms with Gasteiger partial charge in [-0.05, 0) is 31.5 Å². The molecule has 1 aromatic heterocycles. The Morgan fingerprint density at radius 2 is 1.90 bits per heavy atom. The third kappa shape index (κ3) is 2.85. The van der Waals surface area contributed by atoms with Crippen LogP contribution in [0.1, 0.15) is 37.5 Å². The van der Waals surface area contributed by atoms with Crippen molar-refractivity contribution < 1.29 is 13.3 Å². The van der Waals surface area contributed by atoms with E-state index < -0.39 is 11.6 Å². The number of nitrogens with one attached hydrogen (secondary N) is 1. The van der Waals surface area contributed by atoms with Gasteiger partial charge in [0.25, 0.3) is 5.89 Å². The molecule has 1 atom stereocenters. The van der Waals surface area contributed by atoms with E-state index in [9.17, 15) is 8.78 Å². The molecule has 1 aliphatic heterocycles. The molecule has 0 bridgehead atoms. The Morgan fingerprint density at radius 3 is 2.70 bits per heavy atom. The van der Waals surface area contributed by atoms with Gasteiger partial charge in [0, 0.05) is 11.6 Å². The first kappa shape index (κ1) is 13.2. The summed E-state index contributed by atoms with van der Waals surface area (Å²) in [5.41, 5.74) is 0.259. The molecule has 0 radical (unpaired) electrons. The second kappa shape index (κ2) is 5.66. The Labute approximate surface area is 115 Å². The van der Waals surface area contributed by atoms with E-state index in [1.54, 1.807) is 0 Å². The molecule has 2 heterocycles. The number of nitrogens with zero attached hydrogens (tertiary/aromatic N) is 2. The van der Waals surface area contributed by atoms with Crippen LogP contribution < -0.4 is 5.32 Å². The van der Waals surface area contributed by atoms with E-state index in [0.29, 0.717) is 5.82 Å². The number of benzene rings is 1. The normalized spacial score (nSPS) is 19.8. The van der Waals surface area contributed by atoms with Crippen LogP contribution in [-0.4, -0.2) is 16.7 Å². The first-order valence-corrected chi connectivity index (χ1v) is 6.76. The smallest absolute Gasteiger partial charge is 0.258 e. The second-order valence-corrected chi connectivity index (χ2v) is 4.97. The quantitative estimate of drug-likeness (QED) is 0.917. The fraction of sp³-hybridized carbons (Fsp3) is 0.429. The highest BCUT2D eigenvalue weighted by Crippen LogP contribution is 2.24. The topological polar surface area (TPSA) is 51.0 Å². The third-order valence-electron chi connectivity index (χ3n) is 3.42. The van der Waals surface area contributed by atoms with E-state index in [1.807, 2.05) is 0 Å². The summed E-state index contributed by atoms with van der Waals surface area (Å²) in [5.74, 6) is -0.629. The third-order valence-corrected chi connectivity index (χ3v) is 3.42. The van der Waals surface area contributed by atoms with Crippen LogP contribution in [0.15, 0.2) is 22.7 Å². The fourth-order valence-electron chi connectivity index (χ4n) is 2.42. The molecular weight excluding hydrogens is 264 g/mol. The first-order chi connectivity index (χ1) is 9.72. The maximum Gasteiger partial charge on any atom is 0.258 e. The lowest BCUT2D eigenvalue weighted by Gasteiger charge is -2.09. The molecule has 1 unspecified atom stereocenters. The van der Waals surface area contributed by atoms with Gasteiger partial charge in [-0.3, -0.25) is 0 Å². The van der Waals surface area contributed by atoms with Gasteiger partial charge in [-0.2, -0.15) is 4.98 Å². The highest BCUT2D eigenvalue weighted by atomic mass is 19.1. The van der Waals surface area contributed by atoms with Crippen molar-refractivity contribution in [3.63, 3.8) is 0 Å². The van der Waals surface area contributed by atoms with E-state index in [4.69, 9.17) is 4.52 Å². The zero-order valence-corrected chi connectivity index (χ0v) is 10.9. The minimum Gasteiger partial charge on any atom is -0.334 e. The van der Waals surface area contributed by atoms with Crippen LogP contribution in [0.25, 0.3) is 11.5 Å². The molecule has 0 saturated carbocycles. The number of rotatable bonds is 2. The fourth-order valence-corrected chi connectivity index (χ4v) is 2.42. The van der Waals surface area contributed by atoms with Crippen molar-refractivity contribution in [3.05, 3.63) is 35.7 Å². The number of halogens is 2. The monoisotopic (exact) mass is 279 g/mol. The molecule has 6 heteroatoms. The Hall–Kier alpha value is -1.82. The van der Waals surface area contributed by atoms with Gasteiger partial charge in [0.1, 0.15) is 11.6 Å². The number of aromatic nitrogens is 2. The summed E-state index contributed by atoms with van der Waals surface area (Å²) in [6.45, 7) is 0.920. The minimum absolute atomic E-state index is 0.0495. The zero-order valence-electron chi connectivity index (χ0n) is 10.9. The zero-order chi connectivity index (χ0) is 13.9. The van der Waals surface area contributed by atoms with E-state index in [-0.39, 0.29) is 17.5 Å². The van der Waals surface area contributed by atoms with E-state index in [1.165, 1.54) is 18.6 Å². The van der Waals surface area contributed by atoms with Gasteiger partial charge >= 0.3 is 0 Å². The van der Waals surface area contributed by atoms with Crippen molar-refractivity contribution in [1.29, 1.82) is 0 Å². The summed E-state index contributed by atoms with van der Waals surface area (Å²) in [5, 5.41) is 7.28. The maximum atomic E-state index is 13.2. The highest BCUT2D eigenvalue weighted by Gasteiger charge is 2.20. The Kier molecular flexibility index (Phi) is 3.73. The van der Waals surface area contributed by atoms with Crippen molar-refractivity contribution >= 4 is 0 Å². The summed E-state index contributed by atoms with van der Waals surface area (Å²) < 4.78 is 31.5. The lowest BCUT2D eigenvalue weighted by atomic mass is 10.1. The van der Waals surface area contributed by atoms with Crippen molar-refractivity contribution in [1.82, 2.24) is 15.5 Å². The largest absolute Gasteiger partial charge is 0.334 e. The lowest BCUT2D eigenvalue weighted by molar-refractivity contribution is 0.402. The van der Waals surface area contributed by atoms with Crippen molar-refractivity contribution in [3.8, 4) is 11.5 Å². The van der Waals surface area contributed by atoms with Gasteiger partial charge in [0.15, 0.2) is 5.82 Å². The van der Waals surface area contributed by atoms with Crippen LogP contribution in [0.4, 0.5) is 8.78 Å². The van der Waals surface area contributed by atoms with Gasteiger partial charge in [-0.25, -0.2) is 8.78 Å². The summed E-state index contributed by atoms with van der Waals surface area (Å²) in [7, 11) is 0. The summed E-state index contributed by atoms with van der Waals surface area (Å²) in [4.78, 5) is 4.25. The van der Waals surface area contributed by atoms with Gasteiger partial charge in [0.05, 0.1) is 6.04 Å². The molecule has 3 rings (SSSR count). The van der Waals surface area contributed by atoms with Crippen LogP contribution in [0.3, 0.4) is 0 Å². The Morgan fingerprint density at radius 1 is 1.10 bits per heavy atom. The molecule has 20 heavy (non-hydrogen) atoms. The van der Waals surface area contributed by atoms with Gasteiger partial charge in [-0.15, -0.1) is 0 Å². The minimum atomic E-state index is -0.660. The molecule has 4 nitrogen and oxygen atoms in total. The number of hydrogen-bond donors (Lipinski definition) is 1. The summed E-state index contributed by atoms with van der Waals surface area (Å²) in [6, 6.07) is 3.23. The molecule has 2 aromatic rings. The first-order valence-electron chi connectivity index (χ1n) is 6.76. The molecule has 106 valence electrons. The van der Waals surface area contributed by atoms with Crippen molar-refractivity contribution in [2.45, 2.75) is 31.7 Å². The van der Waals surface area contributed by atoms with Crippen molar-refractivity contribution in [2.75, 3.05) is 6.54 Å². The molecule has 1 fully saturated rings.